The number of piperidine rings is 1. The minimum absolute atomic E-state index is 0.0579. The molecule has 1 aromatic rings. The lowest BCUT2D eigenvalue weighted by molar-refractivity contribution is -0.144. The fourth-order valence-corrected chi connectivity index (χ4v) is 5.18. The molecule has 28 heavy (non-hydrogen) atoms. The smallest absolute Gasteiger partial charge is 0.231 e. The molecule has 0 aliphatic carbocycles. The van der Waals surface area contributed by atoms with E-state index in [1.54, 1.807) is 11.2 Å². The van der Waals surface area contributed by atoms with Gasteiger partial charge < -0.3 is 19.1 Å². The van der Waals surface area contributed by atoms with Crippen LogP contribution in [0.2, 0.25) is 0 Å². The Hall–Kier alpha value is -1.84. The van der Waals surface area contributed by atoms with Crippen molar-refractivity contribution in [2.75, 3.05) is 45.3 Å². The number of morpholine rings is 1. The number of nitrogens with zero attached hydrogens (tertiary/aromatic N) is 2. The molecule has 0 N–H and O–H groups in total. The molecule has 0 aromatic heterocycles. The molecule has 1 spiro atoms. The van der Waals surface area contributed by atoms with Gasteiger partial charge in [0.1, 0.15) is 0 Å². The van der Waals surface area contributed by atoms with E-state index in [0.717, 1.165) is 5.56 Å². The molecule has 0 atom stereocenters. The molecule has 3 aliphatic heterocycles. The molecule has 3 aliphatic rings. The third-order valence-electron chi connectivity index (χ3n) is 5.79. The third kappa shape index (κ3) is 3.83. The number of sulfonamides is 1. The second-order valence-electron chi connectivity index (χ2n) is 7.51. The van der Waals surface area contributed by atoms with Gasteiger partial charge in [-0.15, -0.1) is 0 Å². The summed E-state index contributed by atoms with van der Waals surface area (Å²) in [4.78, 5) is 14.6. The van der Waals surface area contributed by atoms with Crippen LogP contribution in [0.4, 0.5) is 0 Å². The van der Waals surface area contributed by atoms with Gasteiger partial charge in [0.05, 0.1) is 24.4 Å². The van der Waals surface area contributed by atoms with E-state index in [0.29, 0.717) is 63.5 Å². The second-order valence-corrected chi connectivity index (χ2v) is 9.77. The Balaban J connectivity index is 1.35. The summed E-state index contributed by atoms with van der Waals surface area (Å²) in [5.74, 6) is 1.54. The number of amides is 1. The number of carbonyl (C=O) groups is 1. The van der Waals surface area contributed by atoms with Gasteiger partial charge in [0.2, 0.25) is 22.7 Å². The van der Waals surface area contributed by atoms with Crippen LogP contribution in [0.1, 0.15) is 25.3 Å². The van der Waals surface area contributed by atoms with Crippen LogP contribution in [-0.4, -0.2) is 74.5 Å². The molecule has 0 unspecified atom stereocenters. The highest BCUT2D eigenvalue weighted by Gasteiger charge is 2.43. The predicted molar refractivity (Wildman–Crippen MR) is 102 cm³/mol. The van der Waals surface area contributed by atoms with Gasteiger partial charge in [0.25, 0.3) is 0 Å². The molecule has 154 valence electrons. The van der Waals surface area contributed by atoms with E-state index in [9.17, 15) is 13.2 Å². The van der Waals surface area contributed by atoms with Crippen molar-refractivity contribution in [3.63, 3.8) is 0 Å². The lowest BCUT2D eigenvalue weighted by atomic mass is 9.89. The molecule has 1 amide bonds. The maximum atomic E-state index is 12.7. The molecule has 8 nitrogen and oxygen atoms in total. The van der Waals surface area contributed by atoms with Gasteiger partial charge in [-0.05, 0) is 37.5 Å². The first kappa shape index (κ1) is 19.5. The Morgan fingerprint density at radius 1 is 1.14 bits per heavy atom. The van der Waals surface area contributed by atoms with Gasteiger partial charge in [0.15, 0.2) is 11.5 Å². The highest BCUT2D eigenvalue weighted by Crippen LogP contribution is 2.34. The zero-order chi connectivity index (χ0) is 19.8. The summed E-state index contributed by atoms with van der Waals surface area (Å²) in [5.41, 5.74) is 0.416. The molecular formula is C19H26N2O6S. The summed E-state index contributed by atoms with van der Waals surface area (Å²) in [6.07, 6.45) is 1.60. The van der Waals surface area contributed by atoms with Crippen LogP contribution in [0.5, 0.6) is 11.5 Å². The molecule has 0 radical (unpaired) electrons. The maximum absolute atomic E-state index is 12.7. The number of rotatable bonds is 4. The van der Waals surface area contributed by atoms with E-state index < -0.39 is 15.6 Å². The Labute approximate surface area is 165 Å². The Kier molecular flexibility index (Phi) is 5.24. The van der Waals surface area contributed by atoms with Crippen LogP contribution < -0.4 is 9.47 Å². The number of hydrogen-bond acceptors (Lipinski definition) is 6. The molecule has 4 rings (SSSR count). The maximum Gasteiger partial charge on any atom is 0.231 e. The molecule has 1 aromatic carbocycles. The topological polar surface area (TPSA) is 85.4 Å². The third-order valence-corrected chi connectivity index (χ3v) is 7.62. The molecule has 9 heteroatoms. The van der Waals surface area contributed by atoms with Crippen molar-refractivity contribution in [2.45, 2.75) is 31.8 Å². The average molecular weight is 410 g/mol. The number of benzene rings is 1. The van der Waals surface area contributed by atoms with Crippen molar-refractivity contribution < 1.29 is 27.4 Å². The van der Waals surface area contributed by atoms with Gasteiger partial charge in [-0.1, -0.05) is 6.07 Å². The Morgan fingerprint density at radius 2 is 1.89 bits per heavy atom. The van der Waals surface area contributed by atoms with Crippen LogP contribution in [0.25, 0.3) is 0 Å². The highest BCUT2D eigenvalue weighted by molar-refractivity contribution is 7.89. The van der Waals surface area contributed by atoms with Gasteiger partial charge in [-0.2, -0.15) is 4.31 Å². The number of fused-ring (bicyclic) bond motifs is 1. The summed E-state index contributed by atoms with van der Waals surface area (Å²) >= 11 is 0. The van der Waals surface area contributed by atoms with Crippen molar-refractivity contribution in [2.24, 2.45) is 0 Å². The first-order chi connectivity index (χ1) is 13.4. The fourth-order valence-electron chi connectivity index (χ4n) is 4.03. The minimum Gasteiger partial charge on any atom is -0.454 e. The highest BCUT2D eigenvalue weighted by atomic mass is 32.2. The van der Waals surface area contributed by atoms with Crippen LogP contribution >= 0.6 is 0 Å². The van der Waals surface area contributed by atoms with E-state index >= 15 is 0 Å². The van der Waals surface area contributed by atoms with E-state index in [2.05, 4.69) is 0 Å². The number of likely N-dealkylation sites (tertiary alicyclic amines) is 1. The quantitative estimate of drug-likeness (QED) is 0.736. The van der Waals surface area contributed by atoms with Crippen molar-refractivity contribution in [1.29, 1.82) is 0 Å². The fraction of sp³-hybridized carbons (Fsp3) is 0.632. The Bertz CT molecular complexity index is 848. The summed E-state index contributed by atoms with van der Waals surface area (Å²) < 4.78 is 42.7. The van der Waals surface area contributed by atoms with Crippen molar-refractivity contribution in [3.05, 3.63) is 23.8 Å². The molecule has 0 bridgehead atoms. The second kappa shape index (κ2) is 7.53. The zero-order valence-corrected chi connectivity index (χ0v) is 16.9. The normalized spacial score (nSPS) is 21.8. The Morgan fingerprint density at radius 3 is 2.64 bits per heavy atom. The first-order valence-electron chi connectivity index (χ1n) is 9.69. The number of hydrogen-bond donors (Lipinski definition) is 0. The lowest BCUT2D eigenvalue weighted by Gasteiger charge is -2.46. The number of ether oxygens (including phenoxy) is 3. The van der Waals surface area contributed by atoms with Crippen LogP contribution in [-0.2, 0) is 26.0 Å². The SMILES string of the molecule is CCS(=O)(=O)N1CCOC2(CCN(C(=O)Cc3ccc4c(c3)OCO4)CC2)C1. The van der Waals surface area contributed by atoms with Crippen LogP contribution in [0.15, 0.2) is 18.2 Å². The van der Waals surface area contributed by atoms with E-state index in [4.69, 9.17) is 14.2 Å². The van der Waals surface area contributed by atoms with E-state index in [1.165, 1.54) is 0 Å². The molecule has 0 saturated carbocycles. The van der Waals surface area contributed by atoms with Crippen molar-refractivity contribution >= 4 is 15.9 Å². The van der Waals surface area contributed by atoms with Crippen LogP contribution in [0, 0.1) is 0 Å². The van der Waals surface area contributed by atoms with Crippen LogP contribution in [0.3, 0.4) is 0 Å². The lowest BCUT2D eigenvalue weighted by Crippen LogP contribution is -2.58. The zero-order valence-electron chi connectivity index (χ0n) is 16.1. The standard InChI is InChI=1S/C19H26N2O6S/c1-2-28(23,24)21-9-10-27-19(13-21)5-7-20(8-6-19)18(22)12-15-3-4-16-17(11-15)26-14-25-16/h3-4,11H,2,5-10,12-14H2,1H3. The number of carbonyl (C=O) groups excluding carboxylic acids is 1. The summed E-state index contributed by atoms with van der Waals surface area (Å²) in [6, 6.07) is 5.56. The van der Waals surface area contributed by atoms with Crippen molar-refractivity contribution in [3.8, 4) is 11.5 Å². The van der Waals surface area contributed by atoms with Gasteiger partial charge in [-0.3, -0.25) is 4.79 Å². The van der Waals surface area contributed by atoms with E-state index in [-0.39, 0.29) is 18.5 Å². The molecular weight excluding hydrogens is 384 g/mol. The van der Waals surface area contributed by atoms with Gasteiger partial charge in [0, 0.05) is 26.2 Å². The molecule has 2 saturated heterocycles. The largest absolute Gasteiger partial charge is 0.454 e. The van der Waals surface area contributed by atoms with Crippen molar-refractivity contribution in [1.82, 2.24) is 9.21 Å². The summed E-state index contributed by atoms with van der Waals surface area (Å²) in [6.45, 7) is 4.22. The first-order valence-corrected chi connectivity index (χ1v) is 11.3. The minimum atomic E-state index is -3.22. The molecule has 3 heterocycles. The van der Waals surface area contributed by atoms with Gasteiger partial charge in [-0.25, -0.2) is 8.42 Å². The predicted octanol–water partition coefficient (Wildman–Crippen LogP) is 1.00. The molecule has 2 fully saturated rings. The summed E-state index contributed by atoms with van der Waals surface area (Å²) in [5, 5.41) is 0. The average Bonchev–Trinajstić information content (AvgIpc) is 3.16. The summed E-state index contributed by atoms with van der Waals surface area (Å²) in [7, 11) is -3.22. The van der Waals surface area contributed by atoms with E-state index in [1.807, 2.05) is 23.1 Å². The van der Waals surface area contributed by atoms with Gasteiger partial charge >= 0.3 is 0 Å². The monoisotopic (exact) mass is 410 g/mol.